The third-order valence-corrected chi connectivity index (χ3v) is 4.80. The molecule has 2 rings (SSSR count). The normalized spacial score (nSPS) is 9.74. The minimum atomic E-state index is -0.616. The zero-order valence-corrected chi connectivity index (χ0v) is 15.5. The topological polar surface area (TPSA) is 94.2 Å². The van der Waals surface area contributed by atoms with E-state index in [4.69, 9.17) is 10.00 Å². The summed E-state index contributed by atoms with van der Waals surface area (Å²) in [6.07, 6.45) is 0.216. The summed E-state index contributed by atoms with van der Waals surface area (Å²) in [7, 11) is 1.55. The number of nitriles is 2. The molecule has 0 bridgehead atoms. The first-order valence-electron chi connectivity index (χ1n) is 8.11. The van der Waals surface area contributed by atoms with Crippen molar-refractivity contribution in [2.75, 3.05) is 20.2 Å². The molecule has 0 saturated carbocycles. The summed E-state index contributed by atoms with van der Waals surface area (Å²) >= 11 is 1.29. The lowest BCUT2D eigenvalue weighted by Gasteiger charge is -2.15. The highest BCUT2D eigenvalue weighted by Gasteiger charge is 2.17. The molecule has 136 valence electrons. The number of amides is 1. The van der Waals surface area contributed by atoms with Gasteiger partial charge in [-0.05, 0) is 24.3 Å². The molecule has 27 heavy (non-hydrogen) atoms. The summed E-state index contributed by atoms with van der Waals surface area (Å²) in [6, 6.07) is 18.1. The maximum absolute atomic E-state index is 12.4. The summed E-state index contributed by atoms with van der Waals surface area (Å²) in [6.45, 7) is -0.112. The van der Waals surface area contributed by atoms with Gasteiger partial charge in [-0.25, -0.2) is 4.79 Å². The van der Waals surface area contributed by atoms with Crippen LogP contribution < -0.4 is 0 Å². The molecule has 0 heterocycles. The molecule has 0 atom stereocenters. The molecule has 0 aliphatic heterocycles. The highest BCUT2D eigenvalue weighted by Crippen LogP contribution is 2.32. The third kappa shape index (κ3) is 5.60. The van der Waals surface area contributed by atoms with Crippen molar-refractivity contribution < 1.29 is 14.3 Å². The minimum absolute atomic E-state index is 0.216. The summed E-state index contributed by atoms with van der Waals surface area (Å²) in [5.41, 5.74) is 0.836. The van der Waals surface area contributed by atoms with Gasteiger partial charge in [-0.3, -0.25) is 4.79 Å². The molecule has 0 unspecified atom stereocenters. The molecule has 0 saturated heterocycles. The number of ether oxygens (including phenoxy) is 1. The highest BCUT2D eigenvalue weighted by molar-refractivity contribution is 7.99. The van der Waals surface area contributed by atoms with E-state index in [1.165, 1.54) is 16.7 Å². The lowest BCUT2D eigenvalue weighted by Crippen LogP contribution is -2.32. The molecule has 2 aromatic carbocycles. The first kappa shape index (κ1) is 20.0. The van der Waals surface area contributed by atoms with E-state index in [2.05, 4.69) is 6.07 Å². The molecule has 0 aliphatic rings. The van der Waals surface area contributed by atoms with Crippen LogP contribution in [0.25, 0.3) is 0 Å². The SMILES string of the molecule is CN(CCC#N)C(=O)COC(=O)c1ccccc1Sc1ccccc1C#N. The molecule has 0 fully saturated rings. The molecule has 7 heteroatoms. The molecule has 6 nitrogen and oxygen atoms in total. The van der Waals surface area contributed by atoms with Crippen molar-refractivity contribution in [1.29, 1.82) is 10.5 Å². The first-order valence-corrected chi connectivity index (χ1v) is 8.92. The van der Waals surface area contributed by atoms with Crippen molar-refractivity contribution in [2.24, 2.45) is 0 Å². The Morgan fingerprint density at radius 1 is 1.07 bits per heavy atom. The van der Waals surface area contributed by atoms with E-state index in [0.717, 1.165) is 4.90 Å². The summed E-state index contributed by atoms with van der Waals surface area (Å²) in [5.74, 6) is -0.992. The van der Waals surface area contributed by atoms with Gasteiger partial charge in [0.2, 0.25) is 0 Å². The van der Waals surface area contributed by atoms with E-state index in [-0.39, 0.29) is 18.9 Å². The average Bonchev–Trinajstić information content (AvgIpc) is 2.70. The van der Waals surface area contributed by atoms with Crippen molar-refractivity contribution >= 4 is 23.6 Å². The lowest BCUT2D eigenvalue weighted by atomic mass is 10.2. The predicted octanol–water partition coefficient (Wildman–Crippen LogP) is 3.24. The van der Waals surface area contributed by atoms with Crippen LogP contribution in [0.5, 0.6) is 0 Å². The largest absolute Gasteiger partial charge is 0.452 e. The van der Waals surface area contributed by atoms with E-state index in [0.29, 0.717) is 16.0 Å². The summed E-state index contributed by atoms with van der Waals surface area (Å²) in [4.78, 5) is 27.1. The van der Waals surface area contributed by atoms with Crippen LogP contribution in [-0.4, -0.2) is 37.0 Å². The Morgan fingerprint density at radius 2 is 1.74 bits per heavy atom. The Kier molecular flexibility index (Phi) is 7.42. The van der Waals surface area contributed by atoms with Crippen molar-refractivity contribution in [1.82, 2.24) is 4.90 Å². The Hall–Kier alpha value is -3.29. The van der Waals surface area contributed by atoms with Gasteiger partial charge in [0.15, 0.2) is 6.61 Å². The van der Waals surface area contributed by atoms with Gasteiger partial charge < -0.3 is 9.64 Å². The number of hydrogen-bond donors (Lipinski definition) is 0. The van der Waals surface area contributed by atoms with Gasteiger partial charge in [0.05, 0.1) is 23.6 Å². The second-order valence-electron chi connectivity index (χ2n) is 5.51. The number of likely N-dealkylation sites (N-methyl/N-ethyl adjacent to an activating group) is 1. The van der Waals surface area contributed by atoms with E-state index >= 15 is 0 Å². The van der Waals surface area contributed by atoms with Crippen LogP contribution in [0.15, 0.2) is 58.3 Å². The van der Waals surface area contributed by atoms with Gasteiger partial charge in [-0.1, -0.05) is 36.0 Å². The van der Waals surface area contributed by atoms with Crippen LogP contribution in [0.3, 0.4) is 0 Å². The van der Waals surface area contributed by atoms with Gasteiger partial charge in [0.1, 0.15) is 6.07 Å². The molecule has 0 N–H and O–H groups in total. The maximum Gasteiger partial charge on any atom is 0.339 e. The number of nitrogens with zero attached hydrogens (tertiary/aromatic N) is 3. The van der Waals surface area contributed by atoms with Crippen LogP contribution in [0.2, 0.25) is 0 Å². The van der Waals surface area contributed by atoms with Crippen LogP contribution in [0, 0.1) is 22.7 Å². The van der Waals surface area contributed by atoms with Crippen LogP contribution >= 0.6 is 11.8 Å². The standard InChI is InChI=1S/C20H17N3O3S/c1-23(12-6-11-21)19(24)14-26-20(25)16-8-3-5-10-18(16)27-17-9-4-2-7-15(17)13-22/h2-5,7-10H,6,12,14H2,1H3. The Labute approximate surface area is 162 Å². The molecule has 0 spiro atoms. The second-order valence-corrected chi connectivity index (χ2v) is 6.59. The number of carbonyl (C=O) groups excluding carboxylic acids is 2. The molecular weight excluding hydrogens is 362 g/mol. The summed E-state index contributed by atoms with van der Waals surface area (Å²) in [5, 5.41) is 17.8. The van der Waals surface area contributed by atoms with Gasteiger partial charge in [-0.2, -0.15) is 10.5 Å². The third-order valence-electron chi connectivity index (χ3n) is 3.65. The zero-order chi connectivity index (χ0) is 19.6. The van der Waals surface area contributed by atoms with E-state index < -0.39 is 12.6 Å². The summed E-state index contributed by atoms with van der Waals surface area (Å²) < 4.78 is 5.13. The number of carbonyl (C=O) groups is 2. The molecule has 2 aromatic rings. The monoisotopic (exact) mass is 379 g/mol. The maximum atomic E-state index is 12.4. The molecule has 0 radical (unpaired) electrons. The smallest absolute Gasteiger partial charge is 0.339 e. The highest BCUT2D eigenvalue weighted by atomic mass is 32.2. The minimum Gasteiger partial charge on any atom is -0.452 e. The average molecular weight is 379 g/mol. The fourth-order valence-corrected chi connectivity index (χ4v) is 3.16. The van der Waals surface area contributed by atoms with Crippen LogP contribution in [-0.2, 0) is 9.53 Å². The van der Waals surface area contributed by atoms with E-state index in [1.54, 1.807) is 49.5 Å². The number of esters is 1. The van der Waals surface area contributed by atoms with Gasteiger partial charge in [-0.15, -0.1) is 0 Å². The van der Waals surface area contributed by atoms with Crippen molar-refractivity contribution in [3.63, 3.8) is 0 Å². The van der Waals surface area contributed by atoms with Crippen molar-refractivity contribution in [3.8, 4) is 12.1 Å². The molecule has 0 aliphatic carbocycles. The Balaban J connectivity index is 2.09. The van der Waals surface area contributed by atoms with E-state index in [9.17, 15) is 14.9 Å². The van der Waals surface area contributed by atoms with Gasteiger partial charge in [0.25, 0.3) is 5.91 Å². The van der Waals surface area contributed by atoms with Gasteiger partial charge in [0, 0.05) is 23.4 Å². The van der Waals surface area contributed by atoms with Crippen LogP contribution in [0.4, 0.5) is 0 Å². The van der Waals surface area contributed by atoms with Crippen LogP contribution in [0.1, 0.15) is 22.3 Å². The van der Waals surface area contributed by atoms with E-state index in [1.807, 2.05) is 12.1 Å². The Bertz CT molecular complexity index is 915. The van der Waals surface area contributed by atoms with Crippen molar-refractivity contribution in [2.45, 2.75) is 16.2 Å². The quantitative estimate of drug-likeness (QED) is 0.686. The van der Waals surface area contributed by atoms with Gasteiger partial charge >= 0.3 is 5.97 Å². The second kappa shape index (κ2) is 10.0. The predicted molar refractivity (Wildman–Crippen MR) is 99.9 cm³/mol. The molecule has 0 aromatic heterocycles. The number of rotatable bonds is 7. The first-order chi connectivity index (χ1) is 13.1. The fourth-order valence-electron chi connectivity index (χ4n) is 2.15. The lowest BCUT2D eigenvalue weighted by molar-refractivity contribution is -0.133. The molecular formula is C20H17N3O3S. The van der Waals surface area contributed by atoms with Crippen molar-refractivity contribution in [3.05, 3.63) is 59.7 Å². The zero-order valence-electron chi connectivity index (χ0n) is 14.7. The number of benzene rings is 2. The number of hydrogen-bond acceptors (Lipinski definition) is 6. The fraction of sp³-hybridized carbons (Fsp3) is 0.200. The Morgan fingerprint density at radius 3 is 2.44 bits per heavy atom. The molecule has 1 amide bonds.